The molecule has 1 radical (unpaired) electrons. The summed E-state index contributed by atoms with van der Waals surface area (Å²) in [6, 6.07) is 11.4. The summed E-state index contributed by atoms with van der Waals surface area (Å²) < 4.78 is 4.68. The first-order valence-corrected chi connectivity index (χ1v) is 11.5. The van der Waals surface area contributed by atoms with Gasteiger partial charge in [0.2, 0.25) is 5.91 Å². The van der Waals surface area contributed by atoms with Crippen LogP contribution in [0.25, 0.3) is 22.0 Å². The lowest BCUT2D eigenvalue weighted by Gasteiger charge is -2.29. The number of H-pyrrole nitrogens is 1. The molecule has 0 aliphatic carbocycles. The van der Waals surface area contributed by atoms with Crippen molar-refractivity contribution in [3.05, 3.63) is 48.4 Å². The fourth-order valence-corrected chi connectivity index (χ4v) is 4.46. The summed E-state index contributed by atoms with van der Waals surface area (Å²) in [5.41, 5.74) is 3.00. The number of carbonyl (C=O) groups is 2. The van der Waals surface area contributed by atoms with E-state index in [1.165, 1.54) is 12.6 Å². The van der Waals surface area contributed by atoms with Crippen molar-refractivity contribution in [1.82, 2.24) is 20.2 Å². The summed E-state index contributed by atoms with van der Waals surface area (Å²) in [5, 5.41) is 15.3. The van der Waals surface area contributed by atoms with Crippen LogP contribution in [0, 0.1) is 5.92 Å². The number of fused-ring (bicyclic) bond motifs is 1. The van der Waals surface area contributed by atoms with Gasteiger partial charge in [-0.15, -0.1) is 0 Å². The van der Waals surface area contributed by atoms with Crippen molar-refractivity contribution in [3.63, 3.8) is 0 Å². The average Bonchev–Trinajstić information content (AvgIpc) is 3.47. The Morgan fingerprint density at radius 1 is 1.24 bits per heavy atom. The van der Waals surface area contributed by atoms with Crippen molar-refractivity contribution in [2.45, 2.75) is 45.3 Å². The Bertz CT molecular complexity index is 1190. The van der Waals surface area contributed by atoms with Crippen LogP contribution in [-0.2, 0) is 9.53 Å². The number of aliphatic hydroxyl groups excluding tert-OH is 1. The Morgan fingerprint density at radius 3 is 2.68 bits per heavy atom. The van der Waals surface area contributed by atoms with Crippen LogP contribution in [0.2, 0.25) is 6.82 Å². The normalized spacial score (nSPS) is 18.8. The molecule has 0 spiro atoms. The van der Waals surface area contributed by atoms with Gasteiger partial charge in [0.25, 0.3) is 0 Å². The molecular formula is C25H30BN4O4. The minimum absolute atomic E-state index is 0.152. The number of aliphatic hydroxyl groups is 1. The molecule has 1 saturated heterocycles. The molecule has 2 amide bonds. The van der Waals surface area contributed by atoms with Crippen molar-refractivity contribution in [2.24, 2.45) is 5.92 Å². The first-order chi connectivity index (χ1) is 16.3. The zero-order chi connectivity index (χ0) is 24.4. The molecule has 9 heteroatoms. The predicted octanol–water partition coefficient (Wildman–Crippen LogP) is 2.62. The summed E-state index contributed by atoms with van der Waals surface area (Å²) in [6.07, 6.45) is 0.794. The average molecular weight is 461 g/mol. The van der Waals surface area contributed by atoms with Crippen LogP contribution in [-0.4, -0.2) is 65.1 Å². The van der Waals surface area contributed by atoms with E-state index < -0.39 is 24.3 Å². The summed E-state index contributed by atoms with van der Waals surface area (Å²) in [5.74, 6) is 0.186. The van der Waals surface area contributed by atoms with Crippen molar-refractivity contribution in [2.75, 3.05) is 13.7 Å². The van der Waals surface area contributed by atoms with Crippen molar-refractivity contribution in [3.8, 4) is 11.3 Å². The van der Waals surface area contributed by atoms with E-state index in [1.54, 1.807) is 11.1 Å². The lowest BCUT2D eigenvalue weighted by Crippen LogP contribution is -2.51. The lowest BCUT2D eigenvalue weighted by atomic mass is 9.73. The monoisotopic (exact) mass is 461 g/mol. The molecule has 1 aliphatic rings. The van der Waals surface area contributed by atoms with E-state index in [0.29, 0.717) is 12.2 Å². The molecule has 34 heavy (non-hydrogen) atoms. The number of nitrogens with one attached hydrogen (secondary N) is 2. The number of imidazole rings is 1. The molecule has 0 saturated carbocycles. The maximum absolute atomic E-state index is 13.3. The van der Waals surface area contributed by atoms with Crippen LogP contribution in [0.5, 0.6) is 0 Å². The lowest BCUT2D eigenvalue weighted by molar-refractivity contribution is -0.135. The zero-order valence-electron chi connectivity index (χ0n) is 19.9. The highest BCUT2D eigenvalue weighted by Gasteiger charge is 2.40. The first kappa shape index (κ1) is 23.8. The second-order valence-corrected chi connectivity index (χ2v) is 9.05. The van der Waals surface area contributed by atoms with Gasteiger partial charge in [0.15, 0.2) is 0 Å². The van der Waals surface area contributed by atoms with E-state index in [0.717, 1.165) is 22.0 Å². The number of benzene rings is 2. The molecule has 8 nitrogen and oxygen atoms in total. The van der Waals surface area contributed by atoms with Gasteiger partial charge in [0.1, 0.15) is 19.1 Å². The topological polar surface area (TPSA) is 108 Å². The largest absolute Gasteiger partial charge is 0.453 e. The fraction of sp³-hybridized carbons (Fsp3) is 0.400. The van der Waals surface area contributed by atoms with Gasteiger partial charge in [0.05, 0.1) is 31.1 Å². The Kier molecular flexibility index (Phi) is 6.93. The van der Waals surface area contributed by atoms with Crippen LogP contribution >= 0.6 is 0 Å². The predicted molar refractivity (Wildman–Crippen MR) is 132 cm³/mol. The highest BCUT2D eigenvalue weighted by Crippen LogP contribution is 2.33. The number of hydrogen-bond donors (Lipinski definition) is 3. The molecule has 4 rings (SSSR count). The van der Waals surface area contributed by atoms with Crippen LogP contribution in [0.3, 0.4) is 0 Å². The maximum atomic E-state index is 13.3. The molecule has 0 bridgehead atoms. The third kappa shape index (κ3) is 4.80. The highest BCUT2D eigenvalue weighted by atomic mass is 16.5. The number of aromatic amines is 1. The molecule has 3 atom stereocenters. The van der Waals surface area contributed by atoms with Crippen molar-refractivity contribution >= 4 is 35.5 Å². The molecule has 1 fully saturated rings. The number of methoxy groups -OCH3 is 1. The minimum atomic E-state index is -0.763. The Balaban J connectivity index is 1.59. The van der Waals surface area contributed by atoms with Gasteiger partial charge in [-0.3, -0.25) is 4.79 Å². The third-order valence-electron chi connectivity index (χ3n) is 6.37. The summed E-state index contributed by atoms with van der Waals surface area (Å²) >= 11 is 0. The van der Waals surface area contributed by atoms with Gasteiger partial charge in [-0.25, -0.2) is 9.78 Å². The number of alkyl carbamates (subject to hydrolysis) is 1. The Hall–Kier alpha value is -3.33. The number of amides is 2. The van der Waals surface area contributed by atoms with Gasteiger partial charge >= 0.3 is 6.09 Å². The smallest absolute Gasteiger partial charge is 0.407 e. The summed E-state index contributed by atoms with van der Waals surface area (Å²) in [7, 11) is 3.33. The Morgan fingerprint density at radius 2 is 1.97 bits per heavy atom. The molecule has 177 valence electrons. The van der Waals surface area contributed by atoms with Crippen molar-refractivity contribution in [1.29, 1.82) is 0 Å². The molecule has 1 aliphatic heterocycles. The second kappa shape index (κ2) is 9.89. The molecule has 3 N–H and O–H groups in total. The van der Waals surface area contributed by atoms with Gasteiger partial charge in [0, 0.05) is 18.5 Å². The standard InChI is InChI=1S/C25H30BN4O4/c1-14(2)22(29-25(33)34-4)24(32)30-13-19(31)11-21(30)23-27-12-20(28-23)17-6-5-16-10-18(26-3)8-7-15(16)9-17/h5-10,12,14,19,21-22,31H,11,13H2,1-4H3,(H,27,28)(H,29,33)/t19-,21-,22?/m0/s1. The van der Waals surface area contributed by atoms with Crippen LogP contribution in [0.4, 0.5) is 4.79 Å². The number of rotatable bonds is 6. The maximum Gasteiger partial charge on any atom is 0.407 e. The first-order valence-electron chi connectivity index (χ1n) is 11.5. The van der Waals surface area contributed by atoms with Crippen molar-refractivity contribution < 1.29 is 19.4 Å². The number of aromatic nitrogens is 2. The molecule has 2 aromatic carbocycles. The van der Waals surface area contributed by atoms with E-state index in [-0.39, 0.29) is 18.4 Å². The van der Waals surface area contributed by atoms with E-state index in [1.807, 2.05) is 26.7 Å². The Labute approximate surface area is 200 Å². The molecular weight excluding hydrogens is 431 g/mol. The van der Waals surface area contributed by atoms with Gasteiger partial charge in [-0.05, 0) is 22.8 Å². The zero-order valence-corrected chi connectivity index (χ0v) is 19.9. The fourth-order valence-electron chi connectivity index (χ4n) is 4.46. The number of ether oxygens (including phenoxy) is 1. The number of hydrogen-bond acceptors (Lipinski definition) is 5. The SMILES string of the molecule is C[B]c1ccc2cc(-c3cnc([C@@H]4C[C@H](O)CN4C(=O)C(NC(=O)OC)C(C)C)[nH]3)ccc2c1. The summed E-state index contributed by atoms with van der Waals surface area (Å²) in [6.45, 7) is 5.90. The van der Waals surface area contributed by atoms with E-state index >= 15 is 0 Å². The summed E-state index contributed by atoms with van der Waals surface area (Å²) in [4.78, 5) is 34.6. The molecule has 1 unspecified atom stereocenters. The number of carbonyl (C=O) groups excluding carboxylic acids is 2. The second-order valence-electron chi connectivity index (χ2n) is 9.05. The van der Waals surface area contributed by atoms with E-state index in [2.05, 4.69) is 57.6 Å². The van der Waals surface area contributed by atoms with E-state index in [4.69, 9.17) is 0 Å². The van der Waals surface area contributed by atoms with Crippen LogP contribution in [0.15, 0.2) is 42.6 Å². The van der Waals surface area contributed by atoms with E-state index in [9.17, 15) is 14.7 Å². The molecule has 1 aromatic heterocycles. The van der Waals surface area contributed by atoms with Gasteiger partial charge < -0.3 is 25.0 Å². The van der Waals surface area contributed by atoms with Crippen LogP contribution in [0.1, 0.15) is 32.1 Å². The van der Waals surface area contributed by atoms with Gasteiger partial charge in [-0.2, -0.15) is 0 Å². The number of likely N-dealkylation sites (tertiary alicyclic amines) is 1. The quantitative estimate of drug-likeness (QED) is 0.490. The third-order valence-corrected chi connectivity index (χ3v) is 6.37. The number of β-amino-alcohol motifs (C(OH)–C–C–N with tert-alkyl or cyclic N) is 1. The minimum Gasteiger partial charge on any atom is -0.453 e. The highest BCUT2D eigenvalue weighted by molar-refractivity contribution is 6.52. The molecule has 2 heterocycles. The van der Waals surface area contributed by atoms with Crippen LogP contribution < -0.4 is 10.8 Å². The van der Waals surface area contributed by atoms with Gasteiger partial charge in [-0.1, -0.05) is 56.5 Å². The number of nitrogens with zero attached hydrogens (tertiary/aromatic N) is 2. The molecule has 3 aromatic rings.